The third-order valence-corrected chi connectivity index (χ3v) is 3.02. The highest BCUT2D eigenvalue weighted by atomic mass is 35.5. The Morgan fingerprint density at radius 2 is 2.25 bits per heavy atom. The van der Waals surface area contributed by atoms with Crippen LogP contribution in [0.2, 0.25) is 5.02 Å². The molecule has 0 atom stereocenters. The molecule has 1 aromatic carbocycles. The van der Waals surface area contributed by atoms with Crippen LogP contribution in [0.15, 0.2) is 29.1 Å². The first-order chi connectivity index (χ1) is 7.75. The van der Waals surface area contributed by atoms with Gasteiger partial charge in [-0.15, -0.1) is 11.3 Å². The topological polar surface area (TPSA) is 45.1 Å². The van der Waals surface area contributed by atoms with Gasteiger partial charge in [-0.05, 0) is 18.2 Å². The molecule has 0 saturated heterocycles. The lowest BCUT2D eigenvalue weighted by Crippen LogP contribution is -2.12. The van der Waals surface area contributed by atoms with Gasteiger partial charge in [0.1, 0.15) is 5.75 Å². The number of rotatable bonds is 4. The zero-order chi connectivity index (χ0) is 11.4. The minimum atomic E-state index is 0.259. The summed E-state index contributed by atoms with van der Waals surface area (Å²) in [5.74, 6) is 0.259. The number of phenols is 1. The lowest BCUT2D eigenvalue weighted by atomic mass is 10.2. The summed E-state index contributed by atoms with van der Waals surface area (Å²) in [6, 6.07) is 5.02. The smallest absolute Gasteiger partial charge is 0.120 e. The zero-order valence-electron chi connectivity index (χ0n) is 8.48. The predicted molar refractivity (Wildman–Crippen MR) is 65.8 cm³/mol. The maximum atomic E-state index is 9.58. The highest BCUT2D eigenvalue weighted by Crippen LogP contribution is 2.21. The normalized spacial score (nSPS) is 10.6. The van der Waals surface area contributed by atoms with Crippen LogP contribution in [-0.4, -0.2) is 10.1 Å². The zero-order valence-corrected chi connectivity index (χ0v) is 10.1. The Morgan fingerprint density at radius 3 is 3.00 bits per heavy atom. The molecule has 0 aliphatic carbocycles. The fraction of sp³-hybridized carbons (Fsp3) is 0.182. The monoisotopic (exact) mass is 254 g/mol. The summed E-state index contributed by atoms with van der Waals surface area (Å²) in [4.78, 5) is 4.15. The number of nitrogens with one attached hydrogen (secondary N) is 1. The molecule has 16 heavy (non-hydrogen) atoms. The lowest BCUT2D eigenvalue weighted by Gasteiger charge is -2.06. The van der Waals surface area contributed by atoms with Gasteiger partial charge in [0, 0.05) is 29.1 Å². The molecule has 0 aliphatic heterocycles. The number of hydrogen-bond acceptors (Lipinski definition) is 4. The van der Waals surface area contributed by atoms with E-state index >= 15 is 0 Å². The predicted octanol–water partition coefficient (Wildman–Crippen LogP) is 2.79. The van der Waals surface area contributed by atoms with Crippen molar-refractivity contribution in [3.63, 3.8) is 0 Å². The number of benzene rings is 1. The van der Waals surface area contributed by atoms with Crippen molar-refractivity contribution in [1.29, 1.82) is 0 Å². The average Bonchev–Trinajstić information content (AvgIpc) is 2.76. The summed E-state index contributed by atoms with van der Waals surface area (Å²) in [6.45, 7) is 1.26. The van der Waals surface area contributed by atoms with Gasteiger partial charge in [-0.25, -0.2) is 4.98 Å². The van der Waals surface area contributed by atoms with Gasteiger partial charge in [-0.1, -0.05) is 11.6 Å². The third kappa shape index (κ3) is 2.95. The summed E-state index contributed by atoms with van der Waals surface area (Å²) < 4.78 is 0. The summed E-state index contributed by atoms with van der Waals surface area (Å²) in [7, 11) is 0. The molecule has 0 saturated carbocycles. The second kappa shape index (κ2) is 5.30. The largest absolute Gasteiger partial charge is 0.508 e. The summed E-state index contributed by atoms with van der Waals surface area (Å²) >= 11 is 7.42. The summed E-state index contributed by atoms with van der Waals surface area (Å²) in [6.07, 6.45) is 0. The van der Waals surface area contributed by atoms with E-state index < -0.39 is 0 Å². The maximum Gasteiger partial charge on any atom is 0.120 e. The van der Waals surface area contributed by atoms with Crippen LogP contribution in [0.4, 0.5) is 0 Å². The van der Waals surface area contributed by atoms with E-state index in [1.54, 1.807) is 35.0 Å². The molecule has 2 N–H and O–H groups in total. The van der Waals surface area contributed by atoms with Crippen LogP contribution < -0.4 is 5.32 Å². The molecule has 2 rings (SSSR count). The quantitative estimate of drug-likeness (QED) is 0.882. The average molecular weight is 255 g/mol. The molecule has 0 aliphatic rings. The van der Waals surface area contributed by atoms with Crippen LogP contribution in [0, 0.1) is 0 Å². The molecule has 0 amide bonds. The number of nitrogens with zero attached hydrogens (tertiary/aromatic N) is 1. The van der Waals surface area contributed by atoms with Gasteiger partial charge in [0.2, 0.25) is 0 Å². The summed E-state index contributed by atoms with van der Waals surface area (Å²) in [5, 5.41) is 15.4. The molecule has 5 heteroatoms. The molecule has 84 valence electrons. The van der Waals surface area contributed by atoms with E-state index in [9.17, 15) is 5.11 Å². The molecule has 1 aromatic heterocycles. The van der Waals surface area contributed by atoms with Crippen LogP contribution >= 0.6 is 22.9 Å². The number of hydrogen-bond donors (Lipinski definition) is 2. The van der Waals surface area contributed by atoms with Crippen LogP contribution in [0.1, 0.15) is 11.3 Å². The Labute approximate surface area is 103 Å². The van der Waals surface area contributed by atoms with Gasteiger partial charge in [-0.2, -0.15) is 0 Å². The van der Waals surface area contributed by atoms with Crippen molar-refractivity contribution >= 4 is 22.9 Å². The van der Waals surface area contributed by atoms with Crippen molar-refractivity contribution < 1.29 is 5.11 Å². The molecular formula is C11H11ClN2OS. The molecule has 1 heterocycles. The number of aromatic nitrogens is 1. The highest BCUT2D eigenvalue weighted by molar-refractivity contribution is 7.07. The number of halogens is 1. The molecule has 0 fully saturated rings. The number of aromatic hydroxyl groups is 1. The Morgan fingerprint density at radius 1 is 1.38 bits per heavy atom. The maximum absolute atomic E-state index is 9.58. The standard InChI is InChI=1S/C11H11ClN2OS/c12-9-1-2-11(15)8(3-9)4-13-5-10-6-16-7-14-10/h1-3,6-7,13,15H,4-5H2. The first-order valence-electron chi connectivity index (χ1n) is 4.81. The van der Waals surface area contributed by atoms with Crippen molar-refractivity contribution in [2.75, 3.05) is 0 Å². The fourth-order valence-corrected chi connectivity index (χ4v) is 2.10. The molecule has 3 nitrogen and oxygen atoms in total. The molecular weight excluding hydrogens is 244 g/mol. The molecule has 0 spiro atoms. The molecule has 2 aromatic rings. The molecule has 0 radical (unpaired) electrons. The van der Waals surface area contributed by atoms with E-state index in [4.69, 9.17) is 11.6 Å². The van der Waals surface area contributed by atoms with Crippen molar-refractivity contribution in [2.24, 2.45) is 0 Å². The third-order valence-electron chi connectivity index (χ3n) is 2.15. The van der Waals surface area contributed by atoms with Crippen molar-refractivity contribution in [3.8, 4) is 5.75 Å². The highest BCUT2D eigenvalue weighted by Gasteiger charge is 2.02. The minimum absolute atomic E-state index is 0.259. The van der Waals surface area contributed by atoms with E-state index in [2.05, 4.69) is 10.3 Å². The van der Waals surface area contributed by atoms with Crippen LogP contribution in [0.3, 0.4) is 0 Å². The van der Waals surface area contributed by atoms with E-state index in [0.29, 0.717) is 18.1 Å². The molecule has 0 bridgehead atoms. The number of thiazole rings is 1. The Kier molecular flexibility index (Phi) is 3.77. The van der Waals surface area contributed by atoms with Crippen molar-refractivity contribution in [2.45, 2.75) is 13.1 Å². The Balaban J connectivity index is 1.92. The van der Waals surface area contributed by atoms with E-state index in [1.165, 1.54) is 0 Å². The van der Waals surface area contributed by atoms with Gasteiger partial charge in [-0.3, -0.25) is 0 Å². The second-order valence-electron chi connectivity index (χ2n) is 3.36. The van der Waals surface area contributed by atoms with Gasteiger partial charge in [0.15, 0.2) is 0 Å². The second-order valence-corrected chi connectivity index (χ2v) is 4.51. The van der Waals surface area contributed by atoms with Crippen LogP contribution in [0.5, 0.6) is 5.75 Å². The fourth-order valence-electron chi connectivity index (χ4n) is 1.35. The first-order valence-corrected chi connectivity index (χ1v) is 6.13. The Bertz CT molecular complexity index is 459. The van der Waals surface area contributed by atoms with E-state index in [-0.39, 0.29) is 5.75 Å². The molecule has 0 unspecified atom stereocenters. The number of phenolic OH excluding ortho intramolecular Hbond substituents is 1. The van der Waals surface area contributed by atoms with Gasteiger partial charge in [0.05, 0.1) is 11.2 Å². The van der Waals surface area contributed by atoms with E-state index in [0.717, 1.165) is 11.3 Å². The van der Waals surface area contributed by atoms with E-state index in [1.807, 2.05) is 5.38 Å². The van der Waals surface area contributed by atoms with Crippen LogP contribution in [-0.2, 0) is 13.1 Å². The minimum Gasteiger partial charge on any atom is -0.508 e. The van der Waals surface area contributed by atoms with Crippen molar-refractivity contribution in [3.05, 3.63) is 45.4 Å². The van der Waals surface area contributed by atoms with Gasteiger partial charge in [0.25, 0.3) is 0 Å². The SMILES string of the molecule is Oc1ccc(Cl)cc1CNCc1cscn1. The summed E-state index contributed by atoms with van der Waals surface area (Å²) in [5.41, 5.74) is 3.60. The first kappa shape index (κ1) is 11.4. The van der Waals surface area contributed by atoms with Gasteiger partial charge < -0.3 is 10.4 Å². The van der Waals surface area contributed by atoms with Gasteiger partial charge >= 0.3 is 0 Å². The lowest BCUT2D eigenvalue weighted by molar-refractivity contribution is 0.464. The van der Waals surface area contributed by atoms with Crippen LogP contribution in [0.25, 0.3) is 0 Å². The van der Waals surface area contributed by atoms with Crippen molar-refractivity contribution in [1.82, 2.24) is 10.3 Å². The Hall–Kier alpha value is -1.10.